The lowest BCUT2D eigenvalue weighted by Crippen LogP contribution is -2.61. The molecule has 4 heteroatoms. The average molecular weight is 469 g/mol. The summed E-state index contributed by atoms with van der Waals surface area (Å²) in [5.74, 6) is 1.11. The van der Waals surface area contributed by atoms with Crippen molar-refractivity contribution < 1.29 is 19.8 Å². The van der Waals surface area contributed by atoms with Crippen molar-refractivity contribution in [3.63, 3.8) is 0 Å². The molecule has 2 fully saturated rings. The molecule has 0 heterocycles. The van der Waals surface area contributed by atoms with Gasteiger partial charge >= 0.3 is 0 Å². The summed E-state index contributed by atoms with van der Waals surface area (Å²) in [6.07, 6.45) is 7.07. The molecule has 0 unspecified atom stereocenters. The van der Waals surface area contributed by atoms with Gasteiger partial charge < -0.3 is 10.2 Å². The summed E-state index contributed by atoms with van der Waals surface area (Å²) in [6, 6.07) is 0. The van der Waals surface area contributed by atoms with E-state index in [1.165, 1.54) is 0 Å². The highest BCUT2D eigenvalue weighted by atomic mass is 16.3. The molecule has 0 spiro atoms. The van der Waals surface area contributed by atoms with Crippen LogP contribution >= 0.6 is 0 Å². The van der Waals surface area contributed by atoms with E-state index in [9.17, 15) is 19.8 Å². The maximum absolute atomic E-state index is 13.5. The SMILES string of the molecule is C=C(C)[C@H](O)[C@@H](O)C[C@@H](C)C1=C2C=C[C@H]3[C@@]4(C)CCC(=O)C(C)(C)[C@@H]4CC[C@]3(C)[C@@]2(C)CC1=O. The fourth-order valence-corrected chi connectivity index (χ4v) is 8.75. The first-order valence-electron chi connectivity index (χ1n) is 13.1. The van der Waals surface area contributed by atoms with Crippen LogP contribution in [0.1, 0.15) is 87.0 Å². The number of rotatable bonds is 5. The van der Waals surface area contributed by atoms with Crippen LogP contribution in [0.25, 0.3) is 0 Å². The number of Topliss-reactive ketones (excluding diaryl/α,β-unsaturated/α-hetero) is 2. The summed E-state index contributed by atoms with van der Waals surface area (Å²) >= 11 is 0. The molecule has 8 atom stereocenters. The van der Waals surface area contributed by atoms with Gasteiger partial charge in [0.25, 0.3) is 0 Å². The number of aliphatic hydroxyl groups excluding tert-OH is 2. The minimum absolute atomic E-state index is 0.0364. The highest BCUT2D eigenvalue weighted by Crippen LogP contribution is 2.72. The van der Waals surface area contributed by atoms with E-state index in [0.29, 0.717) is 42.5 Å². The molecule has 0 bridgehead atoms. The van der Waals surface area contributed by atoms with E-state index in [-0.39, 0.29) is 33.4 Å². The lowest BCUT2D eigenvalue weighted by molar-refractivity contribution is -0.165. The Kier molecular flexibility index (Phi) is 6.01. The van der Waals surface area contributed by atoms with Crippen LogP contribution < -0.4 is 0 Å². The highest BCUT2D eigenvalue weighted by Gasteiger charge is 2.66. The molecule has 2 N–H and O–H groups in total. The zero-order valence-corrected chi connectivity index (χ0v) is 22.2. The number of carbonyl (C=O) groups excluding carboxylic acids is 2. The number of fused-ring (bicyclic) bond motifs is 5. The second kappa shape index (κ2) is 8.00. The fraction of sp³-hybridized carbons (Fsp3) is 0.733. The molecule has 2 saturated carbocycles. The van der Waals surface area contributed by atoms with Crippen LogP contribution in [0, 0.1) is 39.4 Å². The molecular formula is C30H44O4. The van der Waals surface area contributed by atoms with Gasteiger partial charge in [-0.25, -0.2) is 0 Å². The van der Waals surface area contributed by atoms with E-state index >= 15 is 0 Å². The predicted molar refractivity (Wildman–Crippen MR) is 135 cm³/mol. The molecule has 0 radical (unpaired) electrons. The summed E-state index contributed by atoms with van der Waals surface area (Å²) in [7, 11) is 0. The summed E-state index contributed by atoms with van der Waals surface area (Å²) < 4.78 is 0. The highest BCUT2D eigenvalue weighted by molar-refractivity contribution is 6.01. The predicted octanol–water partition coefficient (Wildman–Crippen LogP) is 5.58. The third kappa shape index (κ3) is 3.31. The average Bonchev–Trinajstić information content (AvgIpc) is 3.01. The van der Waals surface area contributed by atoms with Crippen molar-refractivity contribution in [2.24, 2.45) is 39.4 Å². The van der Waals surface area contributed by atoms with Crippen LogP contribution in [-0.4, -0.2) is 34.0 Å². The van der Waals surface area contributed by atoms with Gasteiger partial charge in [-0.3, -0.25) is 9.59 Å². The molecule has 188 valence electrons. The number of aliphatic hydroxyl groups is 2. The van der Waals surface area contributed by atoms with Gasteiger partial charge in [-0.1, -0.05) is 60.3 Å². The van der Waals surface area contributed by atoms with Crippen LogP contribution in [-0.2, 0) is 9.59 Å². The second-order valence-electron chi connectivity index (χ2n) is 13.3. The van der Waals surface area contributed by atoms with E-state index < -0.39 is 12.2 Å². The van der Waals surface area contributed by atoms with Crippen molar-refractivity contribution in [1.82, 2.24) is 0 Å². The summed E-state index contributed by atoms with van der Waals surface area (Å²) in [5.41, 5.74) is 1.91. The Morgan fingerprint density at radius 1 is 1.15 bits per heavy atom. The Hall–Kier alpha value is -1.52. The molecule has 0 amide bonds. The zero-order chi connectivity index (χ0) is 25.4. The molecule has 34 heavy (non-hydrogen) atoms. The third-order valence-electron chi connectivity index (χ3n) is 11.0. The molecule has 0 aromatic rings. The Morgan fingerprint density at radius 2 is 1.79 bits per heavy atom. The van der Waals surface area contributed by atoms with E-state index in [2.05, 4.69) is 53.3 Å². The number of hydrogen-bond donors (Lipinski definition) is 2. The fourth-order valence-electron chi connectivity index (χ4n) is 8.75. The van der Waals surface area contributed by atoms with Gasteiger partial charge in [-0.15, -0.1) is 0 Å². The van der Waals surface area contributed by atoms with E-state index in [1.54, 1.807) is 6.92 Å². The van der Waals surface area contributed by atoms with Crippen molar-refractivity contribution in [3.8, 4) is 0 Å². The maximum atomic E-state index is 13.5. The Balaban J connectivity index is 1.74. The summed E-state index contributed by atoms with van der Waals surface area (Å²) in [4.78, 5) is 26.3. The van der Waals surface area contributed by atoms with Crippen LogP contribution in [0.4, 0.5) is 0 Å². The van der Waals surface area contributed by atoms with Gasteiger partial charge in [-0.2, -0.15) is 0 Å². The summed E-state index contributed by atoms with van der Waals surface area (Å²) in [5, 5.41) is 20.8. The van der Waals surface area contributed by atoms with Gasteiger partial charge in [-0.05, 0) is 72.3 Å². The summed E-state index contributed by atoms with van der Waals surface area (Å²) in [6.45, 7) is 18.8. The van der Waals surface area contributed by atoms with Crippen molar-refractivity contribution in [3.05, 3.63) is 35.5 Å². The van der Waals surface area contributed by atoms with E-state index in [4.69, 9.17) is 0 Å². The number of hydrogen-bond acceptors (Lipinski definition) is 4. The largest absolute Gasteiger partial charge is 0.390 e. The van der Waals surface area contributed by atoms with Crippen molar-refractivity contribution in [2.75, 3.05) is 0 Å². The first kappa shape index (κ1) is 25.6. The first-order valence-corrected chi connectivity index (χ1v) is 13.1. The van der Waals surface area contributed by atoms with Gasteiger partial charge in [0, 0.05) is 29.2 Å². The van der Waals surface area contributed by atoms with Gasteiger partial charge in [0.1, 0.15) is 11.9 Å². The monoisotopic (exact) mass is 468 g/mol. The smallest absolute Gasteiger partial charge is 0.160 e. The minimum atomic E-state index is -0.979. The van der Waals surface area contributed by atoms with Crippen LogP contribution in [0.5, 0.6) is 0 Å². The molecule has 4 aliphatic rings. The standard InChI is InChI=1S/C30H44O4/c1-17(2)26(34)20(31)15-18(3)25-19-9-10-23-28(6)13-12-24(33)27(4,5)22(28)11-14-29(23,7)30(19,8)16-21(25)32/h9-10,18,20,22-23,26,31,34H,1,11-16H2,2-8H3/t18-,20+,22+,23+,26+,28+,29+,30+/m1/s1. The third-order valence-corrected chi connectivity index (χ3v) is 11.0. The molecule has 0 aromatic heterocycles. The maximum Gasteiger partial charge on any atom is 0.160 e. The number of carbonyl (C=O) groups is 2. The molecule has 4 rings (SSSR count). The Morgan fingerprint density at radius 3 is 2.41 bits per heavy atom. The molecule has 4 nitrogen and oxygen atoms in total. The Bertz CT molecular complexity index is 986. The van der Waals surface area contributed by atoms with Crippen LogP contribution in [0.2, 0.25) is 0 Å². The molecule has 4 aliphatic carbocycles. The van der Waals surface area contributed by atoms with Crippen molar-refractivity contribution in [1.29, 1.82) is 0 Å². The van der Waals surface area contributed by atoms with Crippen LogP contribution in [0.3, 0.4) is 0 Å². The lowest BCUT2D eigenvalue weighted by atomic mass is 9.37. The normalized spacial score (nSPS) is 41.4. The van der Waals surface area contributed by atoms with Crippen molar-refractivity contribution >= 4 is 11.6 Å². The lowest BCUT2D eigenvalue weighted by Gasteiger charge is -2.66. The molecule has 0 aliphatic heterocycles. The van der Waals surface area contributed by atoms with Crippen LogP contribution in [0.15, 0.2) is 35.5 Å². The molecule has 0 saturated heterocycles. The van der Waals surface area contributed by atoms with Gasteiger partial charge in [0.15, 0.2) is 5.78 Å². The Labute approximate surface area is 205 Å². The number of ketones is 2. The topological polar surface area (TPSA) is 74.6 Å². The van der Waals surface area contributed by atoms with Gasteiger partial charge in [0.05, 0.1) is 6.10 Å². The van der Waals surface area contributed by atoms with Gasteiger partial charge in [0.2, 0.25) is 0 Å². The second-order valence-corrected chi connectivity index (χ2v) is 13.3. The molecular weight excluding hydrogens is 424 g/mol. The number of allylic oxidation sites excluding steroid dienone is 4. The quantitative estimate of drug-likeness (QED) is 0.516. The zero-order valence-electron chi connectivity index (χ0n) is 22.2. The van der Waals surface area contributed by atoms with E-state index in [0.717, 1.165) is 30.4 Å². The van der Waals surface area contributed by atoms with Crippen molar-refractivity contribution in [2.45, 2.75) is 99.2 Å². The minimum Gasteiger partial charge on any atom is -0.390 e. The molecule has 0 aromatic carbocycles. The first-order chi connectivity index (χ1) is 15.6. The van der Waals surface area contributed by atoms with E-state index in [1.807, 2.05) is 6.92 Å².